The van der Waals surface area contributed by atoms with Crippen LogP contribution in [0.5, 0.6) is 11.5 Å². The second kappa shape index (κ2) is 10.3. The van der Waals surface area contributed by atoms with Crippen LogP contribution in [0.3, 0.4) is 0 Å². The SMILES string of the molecule is CCNC(=NCc1ccc(OC)cc1OC)NCCc1nc(C(C)(C)C)cs1. The number of aliphatic imine (C=N–C) groups is 1. The van der Waals surface area contributed by atoms with E-state index in [1.54, 1.807) is 25.6 Å². The van der Waals surface area contributed by atoms with E-state index in [1.165, 1.54) is 0 Å². The fourth-order valence-corrected chi connectivity index (χ4v) is 3.57. The fraction of sp³-hybridized carbons (Fsp3) is 0.524. The van der Waals surface area contributed by atoms with Crippen molar-refractivity contribution in [2.45, 2.75) is 46.1 Å². The summed E-state index contributed by atoms with van der Waals surface area (Å²) in [5.41, 5.74) is 2.26. The molecule has 2 rings (SSSR count). The van der Waals surface area contributed by atoms with Crippen LogP contribution < -0.4 is 20.1 Å². The number of methoxy groups -OCH3 is 2. The molecule has 0 bridgehead atoms. The van der Waals surface area contributed by atoms with Gasteiger partial charge in [-0.1, -0.05) is 20.8 Å². The van der Waals surface area contributed by atoms with Gasteiger partial charge in [0.15, 0.2) is 5.96 Å². The molecule has 0 saturated heterocycles. The third-order valence-corrected chi connectivity index (χ3v) is 5.11. The Hall–Kier alpha value is -2.28. The van der Waals surface area contributed by atoms with Crippen molar-refractivity contribution in [3.8, 4) is 11.5 Å². The third kappa shape index (κ3) is 6.41. The summed E-state index contributed by atoms with van der Waals surface area (Å²) < 4.78 is 10.7. The smallest absolute Gasteiger partial charge is 0.191 e. The van der Waals surface area contributed by atoms with E-state index in [4.69, 9.17) is 14.5 Å². The number of benzene rings is 1. The van der Waals surface area contributed by atoms with Crippen molar-refractivity contribution in [3.05, 3.63) is 39.8 Å². The molecule has 0 amide bonds. The quantitative estimate of drug-likeness (QED) is 0.518. The number of nitrogens with one attached hydrogen (secondary N) is 2. The van der Waals surface area contributed by atoms with Crippen LogP contribution in [0.15, 0.2) is 28.6 Å². The highest BCUT2D eigenvalue weighted by molar-refractivity contribution is 7.09. The number of rotatable bonds is 8. The molecule has 28 heavy (non-hydrogen) atoms. The van der Waals surface area contributed by atoms with Crippen molar-refractivity contribution in [3.63, 3.8) is 0 Å². The number of nitrogens with zero attached hydrogens (tertiary/aromatic N) is 2. The van der Waals surface area contributed by atoms with Crippen molar-refractivity contribution in [1.29, 1.82) is 0 Å². The molecule has 0 aliphatic rings. The Bertz CT molecular complexity index is 781. The summed E-state index contributed by atoms with van der Waals surface area (Å²) in [6.07, 6.45) is 0.872. The summed E-state index contributed by atoms with van der Waals surface area (Å²) in [6, 6.07) is 5.78. The lowest BCUT2D eigenvalue weighted by Gasteiger charge is -2.14. The molecule has 2 aromatic rings. The van der Waals surface area contributed by atoms with Gasteiger partial charge in [-0.2, -0.15) is 0 Å². The van der Waals surface area contributed by atoms with Gasteiger partial charge >= 0.3 is 0 Å². The maximum atomic E-state index is 5.45. The molecule has 0 radical (unpaired) electrons. The minimum absolute atomic E-state index is 0.0932. The van der Waals surface area contributed by atoms with Crippen molar-refractivity contribution in [2.24, 2.45) is 4.99 Å². The first kappa shape index (κ1) is 22.0. The zero-order valence-corrected chi connectivity index (χ0v) is 18.6. The Morgan fingerprint density at radius 1 is 1.18 bits per heavy atom. The monoisotopic (exact) mass is 404 g/mol. The molecular weight excluding hydrogens is 372 g/mol. The summed E-state index contributed by atoms with van der Waals surface area (Å²) in [4.78, 5) is 9.43. The van der Waals surface area contributed by atoms with Crippen LogP contribution in [0.25, 0.3) is 0 Å². The predicted molar refractivity (Wildman–Crippen MR) is 117 cm³/mol. The highest BCUT2D eigenvalue weighted by atomic mass is 32.1. The lowest BCUT2D eigenvalue weighted by Crippen LogP contribution is -2.38. The molecule has 1 aromatic carbocycles. The number of guanidine groups is 1. The third-order valence-electron chi connectivity index (χ3n) is 4.20. The summed E-state index contributed by atoms with van der Waals surface area (Å²) in [5, 5.41) is 9.97. The Kier molecular flexibility index (Phi) is 8.11. The Labute approximate surface area is 172 Å². The molecule has 154 valence electrons. The van der Waals surface area contributed by atoms with Crippen LogP contribution in [0.4, 0.5) is 0 Å². The highest BCUT2D eigenvalue weighted by Gasteiger charge is 2.17. The molecule has 6 nitrogen and oxygen atoms in total. The van der Waals surface area contributed by atoms with Gasteiger partial charge in [-0.3, -0.25) is 0 Å². The van der Waals surface area contributed by atoms with Crippen LogP contribution in [0.2, 0.25) is 0 Å². The van der Waals surface area contributed by atoms with Gasteiger partial charge in [0, 0.05) is 41.9 Å². The minimum atomic E-state index is 0.0932. The molecule has 7 heteroatoms. The van der Waals surface area contributed by atoms with E-state index in [1.807, 2.05) is 18.2 Å². The van der Waals surface area contributed by atoms with Crippen LogP contribution >= 0.6 is 11.3 Å². The first-order chi connectivity index (χ1) is 13.4. The number of aromatic nitrogens is 1. The average Bonchev–Trinajstić information content (AvgIpc) is 3.15. The van der Waals surface area contributed by atoms with Gasteiger partial charge in [0.1, 0.15) is 11.5 Å². The Balaban J connectivity index is 1.96. The zero-order chi connectivity index (χ0) is 20.6. The summed E-state index contributed by atoms with van der Waals surface area (Å²) >= 11 is 1.72. The maximum absolute atomic E-state index is 5.45. The lowest BCUT2D eigenvalue weighted by molar-refractivity contribution is 0.391. The topological polar surface area (TPSA) is 67.8 Å². The fourth-order valence-electron chi connectivity index (χ4n) is 2.55. The summed E-state index contributed by atoms with van der Waals surface area (Å²) in [6.45, 7) is 10.7. The lowest BCUT2D eigenvalue weighted by atomic mass is 9.93. The summed E-state index contributed by atoms with van der Waals surface area (Å²) in [7, 11) is 3.30. The van der Waals surface area contributed by atoms with Gasteiger partial charge < -0.3 is 20.1 Å². The van der Waals surface area contributed by atoms with Gasteiger partial charge in [0.05, 0.1) is 31.5 Å². The Morgan fingerprint density at radius 2 is 1.96 bits per heavy atom. The first-order valence-electron chi connectivity index (χ1n) is 9.55. The van der Waals surface area contributed by atoms with Crippen molar-refractivity contribution < 1.29 is 9.47 Å². The van der Waals surface area contributed by atoms with Crippen molar-refractivity contribution in [1.82, 2.24) is 15.6 Å². The molecule has 0 fully saturated rings. The molecule has 1 aromatic heterocycles. The Morgan fingerprint density at radius 3 is 2.57 bits per heavy atom. The van der Waals surface area contributed by atoms with E-state index in [0.29, 0.717) is 6.54 Å². The molecule has 0 unspecified atom stereocenters. The van der Waals surface area contributed by atoms with E-state index in [0.717, 1.165) is 53.2 Å². The predicted octanol–water partition coefficient (Wildman–Crippen LogP) is 3.76. The number of hydrogen-bond donors (Lipinski definition) is 2. The molecule has 0 spiro atoms. The number of ether oxygens (including phenoxy) is 2. The van der Waals surface area contributed by atoms with Gasteiger partial charge in [0.2, 0.25) is 0 Å². The molecule has 0 atom stereocenters. The first-order valence-corrected chi connectivity index (χ1v) is 10.4. The van der Waals surface area contributed by atoms with Crippen LogP contribution in [-0.4, -0.2) is 38.3 Å². The van der Waals surface area contributed by atoms with Crippen LogP contribution in [-0.2, 0) is 18.4 Å². The highest BCUT2D eigenvalue weighted by Crippen LogP contribution is 2.25. The average molecular weight is 405 g/mol. The van der Waals surface area contributed by atoms with E-state index >= 15 is 0 Å². The van der Waals surface area contributed by atoms with E-state index in [9.17, 15) is 0 Å². The molecule has 2 N–H and O–H groups in total. The van der Waals surface area contributed by atoms with Crippen molar-refractivity contribution >= 4 is 17.3 Å². The second-order valence-corrected chi connectivity index (χ2v) is 8.37. The van der Waals surface area contributed by atoms with E-state index in [2.05, 4.69) is 48.7 Å². The van der Waals surface area contributed by atoms with Crippen LogP contribution in [0.1, 0.15) is 44.0 Å². The summed E-state index contributed by atoms with van der Waals surface area (Å²) in [5.74, 6) is 2.33. The van der Waals surface area contributed by atoms with E-state index < -0.39 is 0 Å². The van der Waals surface area contributed by atoms with Crippen LogP contribution in [0, 0.1) is 0 Å². The largest absolute Gasteiger partial charge is 0.497 e. The zero-order valence-electron chi connectivity index (χ0n) is 17.8. The molecule has 1 heterocycles. The molecule has 0 aliphatic heterocycles. The van der Waals surface area contributed by atoms with Gasteiger partial charge in [-0.15, -0.1) is 11.3 Å². The van der Waals surface area contributed by atoms with Gasteiger partial charge in [-0.25, -0.2) is 9.98 Å². The maximum Gasteiger partial charge on any atom is 0.191 e. The standard InChI is InChI=1S/C21H32N4O2S/c1-7-22-20(23-11-10-19-25-18(14-28-19)21(2,3)4)24-13-15-8-9-16(26-5)12-17(15)27-6/h8-9,12,14H,7,10-11,13H2,1-6H3,(H2,22,23,24). The molecule has 0 saturated carbocycles. The van der Waals surface area contributed by atoms with Gasteiger partial charge in [0.25, 0.3) is 0 Å². The second-order valence-electron chi connectivity index (χ2n) is 7.43. The number of thiazole rings is 1. The number of hydrogen-bond acceptors (Lipinski definition) is 5. The molecule has 0 aliphatic carbocycles. The minimum Gasteiger partial charge on any atom is -0.497 e. The van der Waals surface area contributed by atoms with Crippen molar-refractivity contribution in [2.75, 3.05) is 27.3 Å². The van der Waals surface area contributed by atoms with E-state index in [-0.39, 0.29) is 5.41 Å². The molecular formula is C21H32N4O2S. The van der Waals surface area contributed by atoms with Gasteiger partial charge in [-0.05, 0) is 19.1 Å². The normalized spacial score (nSPS) is 12.0.